The summed E-state index contributed by atoms with van der Waals surface area (Å²) in [6.45, 7) is 4.90. The Labute approximate surface area is 102 Å². The van der Waals surface area contributed by atoms with E-state index in [4.69, 9.17) is 5.26 Å². The van der Waals surface area contributed by atoms with Crippen molar-refractivity contribution in [3.05, 3.63) is 0 Å². The van der Waals surface area contributed by atoms with Crippen LogP contribution in [0.5, 0.6) is 0 Å². The molecule has 96 valence electrons. The number of rotatable bonds is 7. The minimum atomic E-state index is -0.684. The van der Waals surface area contributed by atoms with Crippen LogP contribution >= 0.6 is 0 Å². The van der Waals surface area contributed by atoms with Crippen LogP contribution in [0.4, 0.5) is 0 Å². The van der Waals surface area contributed by atoms with Crippen molar-refractivity contribution >= 4 is 11.9 Å². The van der Waals surface area contributed by atoms with Crippen LogP contribution in [-0.2, 0) is 14.3 Å². The molecule has 0 aliphatic rings. The maximum Gasteiger partial charge on any atom is 0.329 e. The Morgan fingerprint density at radius 1 is 1.53 bits per heavy atom. The molecule has 0 spiro atoms. The van der Waals surface area contributed by atoms with E-state index in [1.807, 2.05) is 17.9 Å². The molecule has 1 amide bonds. The predicted molar refractivity (Wildman–Crippen MR) is 62.0 cm³/mol. The SMILES string of the molecule is CCN(CCC#N)CC(NC(C)=O)C(=O)OC. The fraction of sp³-hybridized carbons (Fsp3) is 0.727. The number of amides is 1. The van der Waals surface area contributed by atoms with Crippen LogP contribution in [0.3, 0.4) is 0 Å². The molecule has 0 heterocycles. The largest absolute Gasteiger partial charge is 0.467 e. The topological polar surface area (TPSA) is 82.4 Å². The Hall–Kier alpha value is -1.61. The third-order valence-corrected chi connectivity index (χ3v) is 2.29. The Morgan fingerprint density at radius 3 is 2.59 bits per heavy atom. The van der Waals surface area contributed by atoms with E-state index in [9.17, 15) is 9.59 Å². The fourth-order valence-electron chi connectivity index (χ4n) is 1.41. The highest BCUT2D eigenvalue weighted by molar-refractivity contribution is 5.83. The first kappa shape index (κ1) is 15.4. The van der Waals surface area contributed by atoms with Crippen molar-refractivity contribution in [2.45, 2.75) is 26.3 Å². The standard InChI is InChI=1S/C11H19N3O3/c1-4-14(7-5-6-12)8-10(11(16)17-3)13-9(2)15/h10H,4-5,7-8H2,1-3H3,(H,13,15). The van der Waals surface area contributed by atoms with Crippen molar-refractivity contribution in [2.24, 2.45) is 0 Å². The molecule has 1 atom stereocenters. The van der Waals surface area contributed by atoms with Crippen molar-refractivity contribution in [3.63, 3.8) is 0 Å². The number of hydrogen-bond acceptors (Lipinski definition) is 5. The van der Waals surface area contributed by atoms with Crippen molar-refractivity contribution in [3.8, 4) is 6.07 Å². The summed E-state index contributed by atoms with van der Waals surface area (Å²) in [6.07, 6.45) is 0.391. The Kier molecular flexibility index (Phi) is 7.72. The third-order valence-electron chi connectivity index (χ3n) is 2.29. The van der Waals surface area contributed by atoms with Gasteiger partial charge in [-0.3, -0.25) is 9.69 Å². The summed E-state index contributed by atoms with van der Waals surface area (Å²) in [5.41, 5.74) is 0. The summed E-state index contributed by atoms with van der Waals surface area (Å²) >= 11 is 0. The number of nitrogens with zero attached hydrogens (tertiary/aromatic N) is 2. The molecule has 0 saturated carbocycles. The highest BCUT2D eigenvalue weighted by atomic mass is 16.5. The number of hydrogen-bond donors (Lipinski definition) is 1. The molecule has 0 aromatic rings. The van der Waals surface area contributed by atoms with E-state index in [1.165, 1.54) is 14.0 Å². The second-order valence-corrected chi connectivity index (χ2v) is 3.58. The van der Waals surface area contributed by atoms with E-state index in [0.717, 1.165) is 0 Å². The van der Waals surface area contributed by atoms with Gasteiger partial charge in [-0.2, -0.15) is 5.26 Å². The van der Waals surface area contributed by atoms with Gasteiger partial charge in [0.15, 0.2) is 0 Å². The smallest absolute Gasteiger partial charge is 0.329 e. The summed E-state index contributed by atoms with van der Waals surface area (Å²) in [4.78, 5) is 24.3. The summed E-state index contributed by atoms with van der Waals surface area (Å²) in [7, 11) is 1.28. The zero-order valence-corrected chi connectivity index (χ0v) is 10.5. The molecule has 0 fully saturated rings. The van der Waals surface area contributed by atoms with E-state index in [0.29, 0.717) is 26.1 Å². The van der Waals surface area contributed by atoms with Crippen LogP contribution in [0.2, 0.25) is 0 Å². The zero-order chi connectivity index (χ0) is 13.3. The summed E-state index contributed by atoms with van der Waals surface area (Å²) in [5.74, 6) is -0.757. The van der Waals surface area contributed by atoms with Gasteiger partial charge in [0, 0.05) is 26.4 Å². The predicted octanol–water partition coefficient (Wildman–Crippen LogP) is -0.100. The van der Waals surface area contributed by atoms with Crippen molar-refractivity contribution in [1.29, 1.82) is 5.26 Å². The highest BCUT2D eigenvalue weighted by Gasteiger charge is 2.22. The van der Waals surface area contributed by atoms with Gasteiger partial charge in [0.25, 0.3) is 0 Å². The molecule has 0 aliphatic heterocycles. The van der Waals surface area contributed by atoms with Gasteiger partial charge in [-0.25, -0.2) is 4.79 Å². The molecule has 17 heavy (non-hydrogen) atoms. The lowest BCUT2D eigenvalue weighted by Gasteiger charge is -2.24. The first-order valence-electron chi connectivity index (χ1n) is 5.49. The fourth-order valence-corrected chi connectivity index (χ4v) is 1.41. The summed E-state index contributed by atoms with van der Waals surface area (Å²) in [5, 5.41) is 11.0. The maximum absolute atomic E-state index is 11.4. The van der Waals surface area contributed by atoms with Crippen LogP contribution in [0, 0.1) is 11.3 Å². The van der Waals surface area contributed by atoms with Gasteiger partial charge in [0.2, 0.25) is 5.91 Å². The molecular formula is C11H19N3O3. The van der Waals surface area contributed by atoms with Gasteiger partial charge in [-0.05, 0) is 6.54 Å². The van der Waals surface area contributed by atoms with Crippen molar-refractivity contribution < 1.29 is 14.3 Å². The lowest BCUT2D eigenvalue weighted by atomic mass is 10.2. The number of nitriles is 1. The minimum Gasteiger partial charge on any atom is -0.467 e. The molecule has 0 aromatic carbocycles. The third kappa shape index (κ3) is 6.53. The van der Waals surface area contributed by atoms with E-state index >= 15 is 0 Å². The molecule has 0 bridgehead atoms. The number of methoxy groups -OCH3 is 1. The van der Waals surface area contributed by atoms with E-state index in [1.54, 1.807) is 0 Å². The number of carbonyl (C=O) groups is 2. The van der Waals surface area contributed by atoms with Crippen LogP contribution < -0.4 is 5.32 Å². The Morgan fingerprint density at radius 2 is 2.18 bits per heavy atom. The van der Waals surface area contributed by atoms with Gasteiger partial charge < -0.3 is 10.1 Å². The minimum absolute atomic E-state index is 0.281. The monoisotopic (exact) mass is 241 g/mol. The van der Waals surface area contributed by atoms with E-state index in [2.05, 4.69) is 10.1 Å². The lowest BCUT2D eigenvalue weighted by Crippen LogP contribution is -2.48. The van der Waals surface area contributed by atoms with Gasteiger partial charge in [-0.1, -0.05) is 6.92 Å². The van der Waals surface area contributed by atoms with Crippen LogP contribution in [0.25, 0.3) is 0 Å². The molecule has 1 unspecified atom stereocenters. The molecule has 0 aromatic heterocycles. The highest BCUT2D eigenvalue weighted by Crippen LogP contribution is 1.97. The second-order valence-electron chi connectivity index (χ2n) is 3.58. The first-order chi connectivity index (χ1) is 8.04. The number of likely N-dealkylation sites (N-methyl/N-ethyl adjacent to an activating group) is 1. The molecular weight excluding hydrogens is 222 g/mol. The summed E-state index contributed by atoms with van der Waals surface area (Å²) < 4.78 is 4.62. The Balaban J connectivity index is 4.43. The molecule has 0 aliphatic carbocycles. The average molecular weight is 241 g/mol. The van der Waals surface area contributed by atoms with Gasteiger partial charge in [0.05, 0.1) is 13.2 Å². The zero-order valence-electron chi connectivity index (χ0n) is 10.5. The molecule has 1 N–H and O–H groups in total. The maximum atomic E-state index is 11.4. The molecule has 0 saturated heterocycles. The molecule has 6 heteroatoms. The average Bonchev–Trinajstić information content (AvgIpc) is 2.31. The molecule has 0 rings (SSSR count). The normalized spacial score (nSPS) is 11.7. The molecule has 6 nitrogen and oxygen atoms in total. The number of ether oxygens (including phenoxy) is 1. The van der Waals surface area contributed by atoms with Crippen LogP contribution in [0.15, 0.2) is 0 Å². The van der Waals surface area contributed by atoms with Gasteiger partial charge in [-0.15, -0.1) is 0 Å². The number of nitrogens with one attached hydrogen (secondary N) is 1. The first-order valence-corrected chi connectivity index (χ1v) is 5.49. The van der Waals surface area contributed by atoms with Crippen LogP contribution in [-0.4, -0.2) is 49.6 Å². The lowest BCUT2D eigenvalue weighted by molar-refractivity contribution is -0.145. The van der Waals surface area contributed by atoms with Crippen LogP contribution in [0.1, 0.15) is 20.3 Å². The van der Waals surface area contributed by atoms with Crippen molar-refractivity contribution in [1.82, 2.24) is 10.2 Å². The Bertz CT molecular complexity index is 299. The quantitative estimate of drug-likeness (QED) is 0.629. The van der Waals surface area contributed by atoms with Crippen molar-refractivity contribution in [2.75, 3.05) is 26.7 Å². The summed E-state index contributed by atoms with van der Waals surface area (Å²) in [6, 6.07) is 1.36. The van der Waals surface area contributed by atoms with Gasteiger partial charge in [0.1, 0.15) is 6.04 Å². The van der Waals surface area contributed by atoms with E-state index < -0.39 is 12.0 Å². The number of carbonyl (C=O) groups excluding carboxylic acids is 2. The molecule has 0 radical (unpaired) electrons. The van der Waals surface area contributed by atoms with Gasteiger partial charge >= 0.3 is 5.97 Å². The van der Waals surface area contributed by atoms with E-state index in [-0.39, 0.29) is 5.91 Å². The number of esters is 1. The second kappa shape index (κ2) is 8.53.